The van der Waals surface area contributed by atoms with Crippen molar-refractivity contribution < 1.29 is 9.53 Å². The van der Waals surface area contributed by atoms with E-state index >= 15 is 0 Å². The van der Waals surface area contributed by atoms with Crippen molar-refractivity contribution in [2.75, 3.05) is 11.9 Å². The Bertz CT molecular complexity index is 853. The number of aryl methyl sites for hydroxylation is 2. The number of hydrogen-bond acceptors (Lipinski definition) is 4. The van der Waals surface area contributed by atoms with E-state index in [0.717, 1.165) is 21.5 Å². The van der Waals surface area contributed by atoms with Gasteiger partial charge in [-0.2, -0.15) is 0 Å². The van der Waals surface area contributed by atoms with E-state index in [4.69, 9.17) is 4.74 Å². The Balaban J connectivity index is 1.81. The Morgan fingerprint density at radius 1 is 1.22 bits per heavy atom. The molecule has 5 heteroatoms. The number of thiazole rings is 1. The fraction of sp³-hybridized carbons (Fsp3) is 0.222. The summed E-state index contributed by atoms with van der Waals surface area (Å²) >= 11 is 1.49. The highest BCUT2D eigenvalue weighted by Crippen LogP contribution is 2.29. The lowest BCUT2D eigenvalue weighted by Crippen LogP contribution is -2.11. The molecule has 0 atom stereocenters. The van der Waals surface area contributed by atoms with Crippen LogP contribution in [-0.2, 0) is 0 Å². The zero-order valence-electron chi connectivity index (χ0n) is 13.3. The monoisotopic (exact) mass is 326 g/mol. The highest BCUT2D eigenvalue weighted by atomic mass is 32.1. The van der Waals surface area contributed by atoms with E-state index in [1.807, 2.05) is 13.8 Å². The average Bonchev–Trinajstić information content (AvgIpc) is 2.91. The van der Waals surface area contributed by atoms with Gasteiger partial charge in [-0.25, -0.2) is 4.98 Å². The third kappa shape index (κ3) is 3.35. The van der Waals surface area contributed by atoms with E-state index in [2.05, 4.69) is 29.4 Å². The van der Waals surface area contributed by atoms with Crippen molar-refractivity contribution >= 4 is 32.6 Å². The van der Waals surface area contributed by atoms with Crippen LogP contribution in [0.2, 0.25) is 0 Å². The molecule has 0 aliphatic carbocycles. The minimum atomic E-state index is -0.165. The minimum absolute atomic E-state index is 0.165. The molecule has 0 aliphatic rings. The van der Waals surface area contributed by atoms with E-state index < -0.39 is 0 Å². The molecule has 118 valence electrons. The summed E-state index contributed by atoms with van der Waals surface area (Å²) in [7, 11) is 0. The molecule has 3 rings (SSSR count). The second-order valence-corrected chi connectivity index (χ2v) is 6.39. The molecule has 0 unspecified atom stereocenters. The number of nitrogens with zero attached hydrogens (tertiary/aromatic N) is 1. The number of amides is 1. The maximum Gasteiger partial charge on any atom is 0.257 e. The topological polar surface area (TPSA) is 51.2 Å². The number of benzene rings is 2. The molecule has 0 spiro atoms. The van der Waals surface area contributed by atoms with Crippen molar-refractivity contribution in [2.45, 2.75) is 20.8 Å². The third-order valence-electron chi connectivity index (χ3n) is 3.48. The lowest BCUT2D eigenvalue weighted by molar-refractivity contribution is 0.102. The number of fused-ring (bicyclic) bond motifs is 1. The molecule has 1 aromatic heterocycles. The fourth-order valence-electron chi connectivity index (χ4n) is 2.46. The number of anilines is 1. The normalized spacial score (nSPS) is 10.7. The first kappa shape index (κ1) is 15.5. The number of aromatic nitrogens is 1. The summed E-state index contributed by atoms with van der Waals surface area (Å²) < 4.78 is 6.47. The number of hydrogen-bond donors (Lipinski definition) is 1. The molecule has 0 radical (unpaired) electrons. The van der Waals surface area contributed by atoms with Gasteiger partial charge in [0.25, 0.3) is 5.91 Å². The fourth-order valence-corrected chi connectivity index (χ4v) is 3.50. The molecule has 0 fully saturated rings. The number of nitrogens with one attached hydrogen (secondary N) is 1. The highest BCUT2D eigenvalue weighted by Gasteiger charge is 2.11. The van der Waals surface area contributed by atoms with E-state index in [1.165, 1.54) is 16.9 Å². The van der Waals surface area contributed by atoms with Gasteiger partial charge in [0.1, 0.15) is 5.75 Å². The molecule has 1 heterocycles. The van der Waals surface area contributed by atoms with Crippen LogP contribution in [0.5, 0.6) is 5.75 Å². The lowest BCUT2D eigenvalue weighted by Gasteiger charge is -2.04. The van der Waals surface area contributed by atoms with Crippen molar-refractivity contribution in [1.29, 1.82) is 0 Å². The minimum Gasteiger partial charge on any atom is -0.494 e. The molecule has 1 N–H and O–H groups in total. The highest BCUT2D eigenvalue weighted by molar-refractivity contribution is 7.22. The van der Waals surface area contributed by atoms with Crippen molar-refractivity contribution in [3.05, 3.63) is 53.1 Å². The largest absolute Gasteiger partial charge is 0.494 e. The molecule has 1 amide bonds. The third-order valence-corrected chi connectivity index (χ3v) is 4.40. The maximum absolute atomic E-state index is 12.3. The summed E-state index contributed by atoms with van der Waals surface area (Å²) in [6, 6.07) is 11.3. The van der Waals surface area contributed by atoms with Crippen LogP contribution in [0.25, 0.3) is 10.2 Å². The van der Waals surface area contributed by atoms with Gasteiger partial charge < -0.3 is 4.74 Å². The van der Waals surface area contributed by atoms with E-state index in [0.29, 0.717) is 17.3 Å². The Labute approximate surface area is 139 Å². The van der Waals surface area contributed by atoms with Crippen LogP contribution in [-0.4, -0.2) is 17.5 Å². The summed E-state index contributed by atoms with van der Waals surface area (Å²) in [6.07, 6.45) is 0. The summed E-state index contributed by atoms with van der Waals surface area (Å²) in [5.41, 5.74) is 3.85. The standard InChI is InChI=1S/C18H18N2O2S/c1-4-22-14-7-5-13(6-8-14)17(21)20-18-19-16-12(3)9-11(2)10-15(16)23-18/h5-10H,4H2,1-3H3,(H,19,20,21). The van der Waals surface area contributed by atoms with Crippen molar-refractivity contribution in [1.82, 2.24) is 4.98 Å². The van der Waals surface area contributed by atoms with Crippen LogP contribution in [0.15, 0.2) is 36.4 Å². The number of rotatable bonds is 4. The van der Waals surface area contributed by atoms with E-state index in [-0.39, 0.29) is 5.91 Å². The first-order chi connectivity index (χ1) is 11.1. The van der Waals surface area contributed by atoms with Crippen LogP contribution in [0.1, 0.15) is 28.4 Å². The second-order valence-electron chi connectivity index (χ2n) is 5.36. The average molecular weight is 326 g/mol. The van der Waals surface area contributed by atoms with E-state index in [1.54, 1.807) is 24.3 Å². The molecular weight excluding hydrogens is 308 g/mol. The Hall–Kier alpha value is -2.40. The zero-order valence-corrected chi connectivity index (χ0v) is 14.2. The van der Waals surface area contributed by atoms with E-state index in [9.17, 15) is 4.79 Å². The molecule has 4 nitrogen and oxygen atoms in total. The zero-order chi connectivity index (χ0) is 16.4. The summed E-state index contributed by atoms with van der Waals surface area (Å²) in [5, 5.41) is 3.49. The van der Waals surface area contributed by atoms with Crippen LogP contribution < -0.4 is 10.1 Å². The van der Waals surface area contributed by atoms with Crippen LogP contribution >= 0.6 is 11.3 Å². The predicted octanol–water partition coefficient (Wildman–Crippen LogP) is 4.56. The van der Waals surface area contributed by atoms with Gasteiger partial charge in [0.05, 0.1) is 16.8 Å². The summed E-state index contributed by atoms with van der Waals surface area (Å²) in [4.78, 5) is 16.9. The van der Waals surface area contributed by atoms with Gasteiger partial charge in [0.2, 0.25) is 0 Å². The van der Waals surface area contributed by atoms with Crippen LogP contribution in [0.3, 0.4) is 0 Å². The van der Waals surface area contributed by atoms with Gasteiger partial charge in [-0.05, 0) is 62.2 Å². The summed E-state index contributed by atoms with van der Waals surface area (Å²) in [5.74, 6) is 0.594. The van der Waals surface area contributed by atoms with Gasteiger partial charge in [-0.15, -0.1) is 0 Å². The lowest BCUT2D eigenvalue weighted by atomic mass is 10.1. The Morgan fingerprint density at radius 3 is 2.65 bits per heavy atom. The quantitative estimate of drug-likeness (QED) is 0.764. The first-order valence-corrected chi connectivity index (χ1v) is 8.30. The molecule has 0 aliphatic heterocycles. The van der Waals surface area contributed by atoms with Gasteiger partial charge in [0, 0.05) is 5.56 Å². The Kier molecular flexibility index (Phi) is 4.30. The van der Waals surface area contributed by atoms with Gasteiger partial charge >= 0.3 is 0 Å². The number of ether oxygens (including phenoxy) is 1. The van der Waals surface area contributed by atoms with Crippen molar-refractivity contribution in [2.24, 2.45) is 0 Å². The SMILES string of the molecule is CCOc1ccc(C(=O)Nc2nc3c(C)cc(C)cc3s2)cc1. The van der Waals surface area contributed by atoms with Gasteiger partial charge in [-0.3, -0.25) is 10.1 Å². The molecule has 0 bridgehead atoms. The van der Waals surface area contributed by atoms with Gasteiger partial charge in [0.15, 0.2) is 5.13 Å². The Morgan fingerprint density at radius 2 is 1.96 bits per heavy atom. The molecule has 3 aromatic rings. The van der Waals surface area contributed by atoms with Crippen LogP contribution in [0.4, 0.5) is 5.13 Å². The second kappa shape index (κ2) is 6.38. The molecule has 0 saturated heterocycles. The molecule has 23 heavy (non-hydrogen) atoms. The summed E-state index contributed by atoms with van der Waals surface area (Å²) in [6.45, 7) is 6.63. The first-order valence-electron chi connectivity index (χ1n) is 7.49. The maximum atomic E-state index is 12.3. The van der Waals surface area contributed by atoms with Crippen molar-refractivity contribution in [3.8, 4) is 5.75 Å². The number of carbonyl (C=O) groups excluding carboxylic acids is 1. The molecular formula is C18H18N2O2S. The van der Waals surface area contributed by atoms with Gasteiger partial charge in [-0.1, -0.05) is 17.4 Å². The molecule has 0 saturated carbocycles. The molecule has 2 aromatic carbocycles. The predicted molar refractivity (Wildman–Crippen MR) is 94.7 cm³/mol. The van der Waals surface area contributed by atoms with Crippen LogP contribution in [0, 0.1) is 13.8 Å². The smallest absolute Gasteiger partial charge is 0.257 e. The number of carbonyl (C=O) groups is 1. The van der Waals surface area contributed by atoms with Crippen molar-refractivity contribution in [3.63, 3.8) is 0 Å².